The molecule has 86 valence electrons. The molecular formula is C12H18F2O. The van der Waals surface area contributed by atoms with Gasteiger partial charge in [0.1, 0.15) is 5.78 Å². The first-order valence-electron chi connectivity index (χ1n) is 6.00. The third kappa shape index (κ3) is 2.37. The Labute approximate surface area is 89.2 Å². The molecule has 0 amide bonds. The van der Waals surface area contributed by atoms with Crippen molar-refractivity contribution < 1.29 is 13.6 Å². The molecule has 2 aliphatic carbocycles. The van der Waals surface area contributed by atoms with Gasteiger partial charge in [-0.2, -0.15) is 0 Å². The lowest BCUT2D eigenvalue weighted by molar-refractivity contribution is -0.124. The highest BCUT2D eigenvalue weighted by Crippen LogP contribution is 2.43. The first-order chi connectivity index (χ1) is 7.09. The van der Waals surface area contributed by atoms with E-state index in [2.05, 4.69) is 0 Å². The maximum atomic E-state index is 13.5. The van der Waals surface area contributed by atoms with E-state index in [-0.39, 0.29) is 18.1 Å². The van der Waals surface area contributed by atoms with Gasteiger partial charge in [0.15, 0.2) is 0 Å². The van der Waals surface area contributed by atoms with Gasteiger partial charge in [-0.25, -0.2) is 8.78 Å². The molecule has 0 aromatic rings. The number of ketones is 1. The van der Waals surface area contributed by atoms with E-state index < -0.39 is 11.8 Å². The molecule has 15 heavy (non-hydrogen) atoms. The molecule has 3 heteroatoms. The molecule has 2 rings (SSSR count). The maximum absolute atomic E-state index is 13.5. The van der Waals surface area contributed by atoms with Crippen molar-refractivity contribution in [3.63, 3.8) is 0 Å². The third-order valence-electron chi connectivity index (χ3n) is 3.91. The first kappa shape index (κ1) is 11.0. The fourth-order valence-electron chi connectivity index (χ4n) is 2.94. The van der Waals surface area contributed by atoms with E-state index in [9.17, 15) is 13.6 Å². The summed E-state index contributed by atoms with van der Waals surface area (Å²) in [5.41, 5.74) is 0. The lowest BCUT2D eigenvalue weighted by atomic mass is 9.79. The van der Waals surface area contributed by atoms with E-state index in [1.807, 2.05) is 0 Å². The molecule has 2 unspecified atom stereocenters. The highest BCUT2D eigenvalue weighted by Gasteiger charge is 2.43. The second-order valence-corrected chi connectivity index (χ2v) is 4.99. The van der Waals surface area contributed by atoms with Crippen LogP contribution in [-0.2, 0) is 4.79 Å². The summed E-state index contributed by atoms with van der Waals surface area (Å²) in [6.07, 6.45) is 4.97. The molecule has 0 spiro atoms. The smallest absolute Gasteiger partial charge is 0.250 e. The average molecular weight is 216 g/mol. The molecule has 2 saturated carbocycles. The van der Waals surface area contributed by atoms with Crippen LogP contribution >= 0.6 is 0 Å². The molecule has 0 aliphatic heterocycles. The predicted octanol–water partition coefficient (Wildman–Crippen LogP) is 3.57. The van der Waals surface area contributed by atoms with Crippen molar-refractivity contribution in [2.45, 2.75) is 57.3 Å². The Hall–Kier alpha value is -0.470. The van der Waals surface area contributed by atoms with Crippen LogP contribution in [-0.4, -0.2) is 11.7 Å². The summed E-state index contributed by atoms with van der Waals surface area (Å²) in [5, 5.41) is 0. The van der Waals surface area contributed by atoms with E-state index in [4.69, 9.17) is 0 Å². The molecule has 0 bridgehead atoms. The van der Waals surface area contributed by atoms with Gasteiger partial charge >= 0.3 is 0 Å². The fraction of sp³-hybridized carbons (Fsp3) is 0.917. The topological polar surface area (TPSA) is 17.1 Å². The van der Waals surface area contributed by atoms with Crippen LogP contribution in [0.2, 0.25) is 0 Å². The summed E-state index contributed by atoms with van der Waals surface area (Å²) >= 11 is 0. The van der Waals surface area contributed by atoms with E-state index in [1.165, 1.54) is 0 Å². The maximum Gasteiger partial charge on any atom is 0.250 e. The summed E-state index contributed by atoms with van der Waals surface area (Å²) in [4.78, 5) is 11.4. The second kappa shape index (κ2) is 4.18. The van der Waals surface area contributed by atoms with Crippen LogP contribution in [0, 0.1) is 11.8 Å². The van der Waals surface area contributed by atoms with E-state index in [0.717, 1.165) is 19.3 Å². The zero-order chi connectivity index (χ0) is 10.9. The molecular weight excluding hydrogens is 198 g/mol. The number of rotatable bonds is 2. The van der Waals surface area contributed by atoms with Crippen LogP contribution in [0.1, 0.15) is 51.4 Å². The summed E-state index contributed by atoms with van der Waals surface area (Å²) in [6, 6.07) is 0. The zero-order valence-electron chi connectivity index (χ0n) is 8.98. The largest absolute Gasteiger partial charge is 0.299 e. The van der Waals surface area contributed by atoms with Gasteiger partial charge in [-0.1, -0.05) is 6.42 Å². The molecule has 2 aliphatic rings. The minimum absolute atomic E-state index is 0.0264. The normalized spacial score (nSPS) is 35.7. The van der Waals surface area contributed by atoms with Gasteiger partial charge in [0.25, 0.3) is 5.92 Å². The number of carbonyl (C=O) groups is 1. The number of halogens is 2. The van der Waals surface area contributed by atoms with Gasteiger partial charge in [0, 0.05) is 24.7 Å². The molecule has 0 radical (unpaired) electrons. The van der Waals surface area contributed by atoms with Crippen LogP contribution in [0.3, 0.4) is 0 Å². The Morgan fingerprint density at radius 1 is 1.20 bits per heavy atom. The monoisotopic (exact) mass is 216 g/mol. The van der Waals surface area contributed by atoms with Crippen molar-refractivity contribution in [1.82, 2.24) is 0 Å². The number of alkyl halides is 2. The van der Waals surface area contributed by atoms with Crippen LogP contribution in [0.5, 0.6) is 0 Å². The third-order valence-corrected chi connectivity index (χ3v) is 3.91. The van der Waals surface area contributed by atoms with Crippen molar-refractivity contribution in [3.8, 4) is 0 Å². The number of Topliss-reactive ketones (excluding diaryl/α,β-unsaturated/α-hetero) is 1. The molecule has 2 fully saturated rings. The van der Waals surface area contributed by atoms with Crippen LogP contribution < -0.4 is 0 Å². The minimum Gasteiger partial charge on any atom is -0.299 e. The Morgan fingerprint density at radius 2 is 2.00 bits per heavy atom. The Kier molecular flexibility index (Phi) is 3.08. The Balaban J connectivity index is 1.94. The number of hydrogen-bond donors (Lipinski definition) is 0. The summed E-state index contributed by atoms with van der Waals surface area (Å²) in [7, 11) is 0. The molecule has 0 saturated heterocycles. The summed E-state index contributed by atoms with van der Waals surface area (Å²) < 4.78 is 27.1. The highest BCUT2D eigenvalue weighted by molar-refractivity contribution is 5.82. The quantitative estimate of drug-likeness (QED) is 0.689. The lowest BCUT2D eigenvalue weighted by Crippen LogP contribution is -2.33. The van der Waals surface area contributed by atoms with Gasteiger partial charge < -0.3 is 0 Å². The first-order valence-corrected chi connectivity index (χ1v) is 6.00. The van der Waals surface area contributed by atoms with Crippen LogP contribution in [0.25, 0.3) is 0 Å². The molecule has 0 N–H and O–H groups in total. The predicted molar refractivity (Wildman–Crippen MR) is 53.9 cm³/mol. The zero-order valence-corrected chi connectivity index (χ0v) is 8.98. The van der Waals surface area contributed by atoms with Gasteiger partial charge in [-0.15, -0.1) is 0 Å². The van der Waals surface area contributed by atoms with Crippen LogP contribution in [0.15, 0.2) is 0 Å². The molecule has 1 nitrogen and oxygen atoms in total. The van der Waals surface area contributed by atoms with Gasteiger partial charge in [0.2, 0.25) is 0 Å². The number of hydrogen-bond acceptors (Lipinski definition) is 1. The van der Waals surface area contributed by atoms with Crippen molar-refractivity contribution >= 4 is 5.78 Å². The molecule has 0 aromatic carbocycles. The van der Waals surface area contributed by atoms with Crippen molar-refractivity contribution in [1.29, 1.82) is 0 Å². The van der Waals surface area contributed by atoms with Crippen molar-refractivity contribution in [2.75, 3.05) is 0 Å². The minimum atomic E-state index is -2.51. The van der Waals surface area contributed by atoms with Gasteiger partial charge in [-0.3, -0.25) is 4.79 Å². The fourth-order valence-corrected chi connectivity index (χ4v) is 2.94. The van der Waals surface area contributed by atoms with E-state index in [0.29, 0.717) is 25.7 Å². The number of carbonyl (C=O) groups excluding carboxylic acids is 1. The lowest BCUT2D eigenvalue weighted by Gasteiger charge is -2.32. The van der Waals surface area contributed by atoms with Crippen LogP contribution in [0.4, 0.5) is 8.78 Å². The standard InChI is InChI=1S/C12H18F2O/c13-12(14)7-2-1-5-10(12)8-9-4-3-6-11(9)15/h9-10H,1-8H2. The average Bonchev–Trinajstić information content (AvgIpc) is 2.56. The molecule has 0 heterocycles. The molecule has 2 atom stereocenters. The summed E-state index contributed by atoms with van der Waals surface area (Å²) in [5.74, 6) is -2.88. The Bertz CT molecular complexity index is 250. The Morgan fingerprint density at radius 3 is 2.60 bits per heavy atom. The molecule has 0 aromatic heterocycles. The van der Waals surface area contributed by atoms with Crippen molar-refractivity contribution in [3.05, 3.63) is 0 Å². The van der Waals surface area contributed by atoms with Gasteiger partial charge in [-0.05, 0) is 32.1 Å². The second-order valence-electron chi connectivity index (χ2n) is 4.99. The summed E-state index contributed by atoms with van der Waals surface area (Å²) in [6.45, 7) is 0. The van der Waals surface area contributed by atoms with Crippen molar-refractivity contribution in [2.24, 2.45) is 11.8 Å². The highest BCUT2D eigenvalue weighted by atomic mass is 19.3. The SMILES string of the molecule is O=C1CCCC1CC1CCCCC1(F)F. The van der Waals surface area contributed by atoms with E-state index in [1.54, 1.807) is 0 Å². The van der Waals surface area contributed by atoms with Gasteiger partial charge in [0.05, 0.1) is 0 Å². The van der Waals surface area contributed by atoms with E-state index >= 15 is 0 Å².